The van der Waals surface area contributed by atoms with E-state index >= 15 is 0 Å². The van der Waals surface area contributed by atoms with Crippen LogP contribution in [0.1, 0.15) is 19.3 Å². The van der Waals surface area contributed by atoms with Gasteiger partial charge in [0.05, 0.1) is 15.6 Å². The van der Waals surface area contributed by atoms with Gasteiger partial charge in [-0.15, -0.1) is 0 Å². The third-order valence-electron chi connectivity index (χ3n) is 3.11. The Balaban J connectivity index is 1.89. The second-order valence-electron chi connectivity index (χ2n) is 4.48. The Morgan fingerprint density at radius 2 is 2.21 bits per heavy atom. The standard InChI is InChI=1S/C14H13IO4/c15-11-8-18-12-7-9(4-5-10(12)14(11)16)19-13-3-1-2-6-17-13/h4-5,7-8,13H,1-3,6H2. The van der Waals surface area contributed by atoms with Gasteiger partial charge in [0.25, 0.3) is 0 Å². The Labute approximate surface area is 123 Å². The van der Waals surface area contributed by atoms with Crippen molar-refractivity contribution in [2.75, 3.05) is 6.61 Å². The highest BCUT2D eigenvalue weighted by molar-refractivity contribution is 14.1. The Morgan fingerprint density at radius 1 is 1.32 bits per heavy atom. The van der Waals surface area contributed by atoms with Crippen molar-refractivity contribution < 1.29 is 13.9 Å². The average molecular weight is 372 g/mol. The predicted octanol–water partition coefficient (Wildman–Crippen LogP) is 3.30. The van der Waals surface area contributed by atoms with E-state index in [1.54, 1.807) is 18.2 Å². The van der Waals surface area contributed by atoms with Gasteiger partial charge in [0.1, 0.15) is 17.6 Å². The molecule has 2 aromatic rings. The normalized spacial score (nSPS) is 19.5. The Morgan fingerprint density at radius 3 is 3.00 bits per heavy atom. The number of benzene rings is 1. The van der Waals surface area contributed by atoms with Crippen LogP contribution < -0.4 is 10.2 Å². The Bertz CT molecular complexity index is 643. The minimum Gasteiger partial charge on any atom is -0.465 e. The lowest BCUT2D eigenvalue weighted by atomic mass is 10.2. The zero-order chi connectivity index (χ0) is 13.2. The van der Waals surface area contributed by atoms with Crippen molar-refractivity contribution >= 4 is 33.6 Å². The van der Waals surface area contributed by atoms with E-state index < -0.39 is 0 Å². The fraction of sp³-hybridized carbons (Fsp3) is 0.357. The molecule has 2 heterocycles. The number of hydrogen-bond acceptors (Lipinski definition) is 4. The first-order valence-electron chi connectivity index (χ1n) is 6.23. The SMILES string of the molecule is O=c1c(I)coc2cc(OC3CCCCO3)ccc12. The Hall–Kier alpha value is -1.08. The molecule has 1 aromatic carbocycles. The van der Waals surface area contributed by atoms with E-state index in [9.17, 15) is 4.79 Å². The molecule has 1 fully saturated rings. The second kappa shape index (κ2) is 5.50. The minimum atomic E-state index is -0.193. The lowest BCUT2D eigenvalue weighted by molar-refractivity contribution is -0.105. The molecular formula is C14H13IO4. The molecule has 5 heteroatoms. The summed E-state index contributed by atoms with van der Waals surface area (Å²) < 4.78 is 17.3. The average Bonchev–Trinajstić information content (AvgIpc) is 2.44. The van der Waals surface area contributed by atoms with Crippen LogP contribution >= 0.6 is 22.6 Å². The predicted molar refractivity (Wildman–Crippen MR) is 79.4 cm³/mol. The van der Waals surface area contributed by atoms with E-state index in [1.165, 1.54) is 6.26 Å². The molecule has 0 bridgehead atoms. The summed E-state index contributed by atoms with van der Waals surface area (Å²) in [6.45, 7) is 0.742. The first-order valence-corrected chi connectivity index (χ1v) is 7.31. The Kier molecular flexibility index (Phi) is 3.74. The highest BCUT2D eigenvalue weighted by atomic mass is 127. The number of rotatable bonds is 2. The molecule has 0 saturated carbocycles. The van der Waals surface area contributed by atoms with Crippen molar-refractivity contribution in [1.82, 2.24) is 0 Å². The maximum absolute atomic E-state index is 11.9. The van der Waals surface area contributed by atoms with Gasteiger partial charge in [-0.1, -0.05) is 0 Å². The third kappa shape index (κ3) is 2.76. The molecule has 1 saturated heterocycles. The van der Waals surface area contributed by atoms with Crippen molar-refractivity contribution in [2.45, 2.75) is 25.6 Å². The van der Waals surface area contributed by atoms with Crippen molar-refractivity contribution in [1.29, 1.82) is 0 Å². The van der Waals surface area contributed by atoms with Crippen LogP contribution in [0.3, 0.4) is 0 Å². The monoisotopic (exact) mass is 372 g/mol. The smallest absolute Gasteiger partial charge is 0.205 e. The summed E-state index contributed by atoms with van der Waals surface area (Å²) >= 11 is 1.97. The lowest BCUT2D eigenvalue weighted by Gasteiger charge is -2.23. The van der Waals surface area contributed by atoms with Crippen LogP contribution in [-0.2, 0) is 4.74 Å². The van der Waals surface area contributed by atoms with E-state index in [2.05, 4.69) is 0 Å². The van der Waals surface area contributed by atoms with E-state index in [-0.39, 0.29) is 11.7 Å². The van der Waals surface area contributed by atoms with E-state index in [0.717, 1.165) is 25.9 Å². The lowest BCUT2D eigenvalue weighted by Crippen LogP contribution is -2.24. The molecule has 0 spiro atoms. The highest BCUT2D eigenvalue weighted by Crippen LogP contribution is 2.23. The fourth-order valence-corrected chi connectivity index (χ4v) is 2.53. The highest BCUT2D eigenvalue weighted by Gasteiger charge is 2.15. The molecule has 3 rings (SSSR count). The molecular weight excluding hydrogens is 359 g/mol. The molecule has 1 aromatic heterocycles. The summed E-state index contributed by atoms with van der Waals surface area (Å²) in [6.07, 6.45) is 4.37. The van der Waals surface area contributed by atoms with Crippen molar-refractivity contribution in [3.05, 3.63) is 38.3 Å². The number of halogens is 1. The van der Waals surface area contributed by atoms with E-state index in [1.807, 2.05) is 22.6 Å². The zero-order valence-electron chi connectivity index (χ0n) is 10.2. The molecule has 0 N–H and O–H groups in total. The summed E-state index contributed by atoms with van der Waals surface area (Å²) in [7, 11) is 0. The van der Waals surface area contributed by atoms with Crippen molar-refractivity contribution in [3.63, 3.8) is 0 Å². The first-order chi connectivity index (χ1) is 9.24. The van der Waals surface area contributed by atoms with Crippen molar-refractivity contribution in [2.24, 2.45) is 0 Å². The van der Waals surface area contributed by atoms with Crippen LogP contribution in [0.25, 0.3) is 11.0 Å². The van der Waals surface area contributed by atoms with Gasteiger partial charge in [0.2, 0.25) is 5.43 Å². The zero-order valence-corrected chi connectivity index (χ0v) is 12.4. The largest absolute Gasteiger partial charge is 0.465 e. The molecule has 0 aliphatic carbocycles. The summed E-state index contributed by atoms with van der Waals surface area (Å²) in [5.41, 5.74) is 0.529. The molecule has 0 amide bonds. The summed E-state index contributed by atoms with van der Waals surface area (Å²) in [6, 6.07) is 5.26. The van der Waals surface area contributed by atoms with E-state index in [0.29, 0.717) is 20.3 Å². The summed E-state index contributed by atoms with van der Waals surface area (Å²) in [5.74, 6) is 0.670. The van der Waals surface area contributed by atoms with Gasteiger partial charge in [0, 0.05) is 12.5 Å². The molecule has 100 valence electrons. The molecule has 1 aliphatic rings. The van der Waals surface area contributed by atoms with Gasteiger partial charge in [-0.2, -0.15) is 0 Å². The summed E-state index contributed by atoms with van der Waals surface area (Å²) in [4.78, 5) is 11.9. The van der Waals surface area contributed by atoms with Crippen molar-refractivity contribution in [3.8, 4) is 5.75 Å². The molecule has 0 radical (unpaired) electrons. The maximum atomic E-state index is 11.9. The molecule has 1 unspecified atom stereocenters. The summed E-state index contributed by atoms with van der Waals surface area (Å²) in [5, 5.41) is 0.573. The minimum absolute atomic E-state index is 0.0117. The molecule has 1 atom stereocenters. The molecule has 19 heavy (non-hydrogen) atoms. The van der Waals surface area contributed by atoms with Gasteiger partial charge < -0.3 is 13.9 Å². The van der Waals surface area contributed by atoms with Gasteiger partial charge in [-0.3, -0.25) is 4.79 Å². The van der Waals surface area contributed by atoms with Gasteiger partial charge >= 0.3 is 0 Å². The second-order valence-corrected chi connectivity index (χ2v) is 5.65. The van der Waals surface area contributed by atoms with Gasteiger partial charge in [0.15, 0.2) is 6.29 Å². The van der Waals surface area contributed by atoms with Crippen LogP contribution in [-0.4, -0.2) is 12.9 Å². The van der Waals surface area contributed by atoms with E-state index in [4.69, 9.17) is 13.9 Å². The van der Waals surface area contributed by atoms with Crippen LogP contribution in [0, 0.1) is 3.57 Å². The van der Waals surface area contributed by atoms with Gasteiger partial charge in [-0.25, -0.2) is 0 Å². The quantitative estimate of drug-likeness (QED) is 0.760. The van der Waals surface area contributed by atoms with Crippen LogP contribution in [0.4, 0.5) is 0 Å². The fourth-order valence-electron chi connectivity index (χ4n) is 2.11. The van der Waals surface area contributed by atoms with Gasteiger partial charge in [-0.05, 0) is 47.6 Å². The third-order valence-corrected chi connectivity index (χ3v) is 3.85. The maximum Gasteiger partial charge on any atom is 0.205 e. The van der Waals surface area contributed by atoms with Crippen LogP contribution in [0.5, 0.6) is 5.75 Å². The topological polar surface area (TPSA) is 48.7 Å². The van der Waals surface area contributed by atoms with Crippen LogP contribution in [0.2, 0.25) is 0 Å². The molecule has 4 nitrogen and oxygen atoms in total. The number of hydrogen-bond donors (Lipinski definition) is 0. The first kappa shape index (κ1) is 12.9. The molecule has 1 aliphatic heterocycles. The number of fused-ring (bicyclic) bond motifs is 1. The van der Waals surface area contributed by atoms with Crippen LogP contribution in [0.15, 0.2) is 33.7 Å². The number of ether oxygens (including phenoxy) is 2.